The molecule has 0 unspecified atom stereocenters. The van der Waals surface area contributed by atoms with Gasteiger partial charge < -0.3 is 9.47 Å². The first kappa shape index (κ1) is 16.1. The fourth-order valence-corrected chi connectivity index (χ4v) is 2.27. The van der Waals surface area contributed by atoms with Gasteiger partial charge in [0.2, 0.25) is 0 Å². The Kier molecular flexibility index (Phi) is 5.23. The van der Waals surface area contributed by atoms with Crippen LogP contribution in [0.3, 0.4) is 0 Å². The summed E-state index contributed by atoms with van der Waals surface area (Å²) in [5, 5.41) is 0.666. The van der Waals surface area contributed by atoms with Gasteiger partial charge in [0.25, 0.3) is 0 Å². The Morgan fingerprint density at radius 1 is 1.09 bits per heavy atom. The molecule has 0 atom stereocenters. The van der Waals surface area contributed by atoms with E-state index >= 15 is 0 Å². The van der Waals surface area contributed by atoms with Gasteiger partial charge in [-0.25, -0.2) is 0 Å². The molecule has 3 nitrogen and oxygen atoms in total. The summed E-state index contributed by atoms with van der Waals surface area (Å²) < 4.78 is 10.5. The van der Waals surface area contributed by atoms with Crippen LogP contribution in [0.25, 0.3) is 6.08 Å². The maximum atomic E-state index is 12.3. The Bertz CT molecular complexity index is 703. The molecule has 0 radical (unpaired) electrons. The summed E-state index contributed by atoms with van der Waals surface area (Å²) in [7, 11) is 3.13. The minimum absolute atomic E-state index is 0.0981. The molecule has 0 saturated heterocycles. The molecule has 0 aliphatic heterocycles. The third kappa shape index (κ3) is 3.68. The van der Waals surface area contributed by atoms with E-state index in [9.17, 15) is 4.79 Å². The quantitative estimate of drug-likeness (QED) is 0.599. The van der Waals surface area contributed by atoms with Crippen LogP contribution in [0.2, 0.25) is 5.02 Å². The average Bonchev–Trinajstić information content (AvgIpc) is 2.53. The second-order valence-corrected chi connectivity index (χ2v) is 5.21. The molecule has 4 heteroatoms. The first-order valence-corrected chi connectivity index (χ1v) is 7.13. The summed E-state index contributed by atoms with van der Waals surface area (Å²) in [5.74, 6) is 1.09. The molecule has 2 aromatic carbocycles. The lowest BCUT2D eigenvalue weighted by Gasteiger charge is -2.11. The van der Waals surface area contributed by atoms with Crippen molar-refractivity contribution < 1.29 is 14.3 Å². The van der Waals surface area contributed by atoms with Crippen molar-refractivity contribution in [3.05, 3.63) is 64.2 Å². The third-order valence-electron chi connectivity index (χ3n) is 3.25. The second-order valence-electron chi connectivity index (χ2n) is 4.78. The number of allylic oxidation sites excluding steroid dienone is 1. The predicted molar refractivity (Wildman–Crippen MR) is 89.1 cm³/mol. The number of rotatable bonds is 5. The van der Waals surface area contributed by atoms with Crippen LogP contribution in [0, 0.1) is 6.92 Å². The van der Waals surface area contributed by atoms with Crippen LogP contribution in [0.1, 0.15) is 21.5 Å². The van der Waals surface area contributed by atoms with Gasteiger partial charge in [-0.05, 0) is 48.4 Å². The van der Waals surface area contributed by atoms with E-state index in [1.165, 1.54) is 6.08 Å². The average molecular weight is 317 g/mol. The van der Waals surface area contributed by atoms with Crippen LogP contribution < -0.4 is 9.47 Å². The van der Waals surface area contributed by atoms with Crippen LogP contribution in [0.15, 0.2) is 42.5 Å². The number of methoxy groups -OCH3 is 2. The van der Waals surface area contributed by atoms with E-state index in [0.29, 0.717) is 22.1 Å². The van der Waals surface area contributed by atoms with Crippen LogP contribution >= 0.6 is 11.6 Å². The second kappa shape index (κ2) is 7.14. The van der Waals surface area contributed by atoms with Crippen LogP contribution in [0.5, 0.6) is 11.5 Å². The van der Waals surface area contributed by atoms with Gasteiger partial charge in [0.15, 0.2) is 17.3 Å². The van der Waals surface area contributed by atoms with Gasteiger partial charge in [-0.3, -0.25) is 4.79 Å². The lowest BCUT2D eigenvalue weighted by Crippen LogP contribution is -1.99. The van der Waals surface area contributed by atoms with Crippen LogP contribution in [0.4, 0.5) is 0 Å². The SMILES string of the molecule is COc1cc(C(=O)C=Cc2ccc(Cl)cc2)cc(C)c1OC. The number of carbonyl (C=O) groups is 1. The van der Waals surface area contributed by atoms with Crippen molar-refractivity contribution in [3.8, 4) is 11.5 Å². The van der Waals surface area contributed by atoms with Crippen molar-refractivity contribution in [2.75, 3.05) is 14.2 Å². The summed E-state index contributed by atoms with van der Waals surface area (Å²) in [6, 6.07) is 10.7. The predicted octanol–water partition coefficient (Wildman–Crippen LogP) is 4.56. The largest absolute Gasteiger partial charge is 0.493 e. The monoisotopic (exact) mass is 316 g/mol. The van der Waals surface area contributed by atoms with E-state index < -0.39 is 0 Å². The minimum Gasteiger partial charge on any atom is -0.493 e. The molecule has 0 aliphatic carbocycles. The molecule has 22 heavy (non-hydrogen) atoms. The van der Waals surface area contributed by atoms with E-state index in [0.717, 1.165) is 11.1 Å². The zero-order chi connectivity index (χ0) is 16.1. The molecule has 2 aromatic rings. The minimum atomic E-state index is -0.0981. The third-order valence-corrected chi connectivity index (χ3v) is 3.50. The first-order valence-electron chi connectivity index (χ1n) is 6.75. The Labute approximate surface area is 135 Å². The van der Waals surface area contributed by atoms with Gasteiger partial charge in [-0.1, -0.05) is 29.8 Å². The van der Waals surface area contributed by atoms with Crippen molar-refractivity contribution >= 4 is 23.5 Å². The molecule has 0 heterocycles. The molecular formula is C18H17ClO3. The molecule has 0 N–H and O–H groups in total. The van der Waals surface area contributed by atoms with Gasteiger partial charge in [-0.2, -0.15) is 0 Å². The highest BCUT2D eigenvalue weighted by Gasteiger charge is 2.12. The summed E-state index contributed by atoms with van der Waals surface area (Å²) in [4.78, 5) is 12.3. The van der Waals surface area contributed by atoms with Crippen LogP contribution in [-0.4, -0.2) is 20.0 Å². The Balaban J connectivity index is 2.26. The molecule has 0 fully saturated rings. The summed E-state index contributed by atoms with van der Waals surface area (Å²) in [5.41, 5.74) is 2.32. The van der Waals surface area contributed by atoms with E-state index in [2.05, 4.69) is 0 Å². The number of ketones is 1. The van der Waals surface area contributed by atoms with Crippen molar-refractivity contribution in [1.82, 2.24) is 0 Å². The van der Waals surface area contributed by atoms with Gasteiger partial charge in [0.05, 0.1) is 14.2 Å². The van der Waals surface area contributed by atoms with Crippen molar-refractivity contribution in [3.63, 3.8) is 0 Å². The Morgan fingerprint density at radius 3 is 2.36 bits per heavy atom. The molecule has 0 saturated carbocycles. The molecule has 0 aromatic heterocycles. The molecule has 114 valence electrons. The highest BCUT2D eigenvalue weighted by molar-refractivity contribution is 6.30. The summed E-state index contributed by atoms with van der Waals surface area (Å²) >= 11 is 5.83. The van der Waals surface area contributed by atoms with Crippen molar-refractivity contribution in [2.24, 2.45) is 0 Å². The number of halogens is 1. The maximum absolute atomic E-state index is 12.3. The standard InChI is InChI=1S/C18H17ClO3/c1-12-10-14(11-17(21-2)18(12)22-3)16(20)9-6-13-4-7-15(19)8-5-13/h4-11H,1-3H3. The maximum Gasteiger partial charge on any atom is 0.186 e. The van der Waals surface area contributed by atoms with Gasteiger partial charge >= 0.3 is 0 Å². The lowest BCUT2D eigenvalue weighted by atomic mass is 10.0. The highest BCUT2D eigenvalue weighted by atomic mass is 35.5. The topological polar surface area (TPSA) is 35.5 Å². The van der Waals surface area contributed by atoms with Gasteiger partial charge in [0, 0.05) is 10.6 Å². The fourth-order valence-electron chi connectivity index (χ4n) is 2.14. The lowest BCUT2D eigenvalue weighted by molar-refractivity contribution is 0.104. The number of carbonyl (C=O) groups excluding carboxylic acids is 1. The van der Waals surface area contributed by atoms with Crippen molar-refractivity contribution in [2.45, 2.75) is 6.92 Å². The molecule has 0 amide bonds. The van der Waals surface area contributed by atoms with E-state index in [4.69, 9.17) is 21.1 Å². The molecule has 2 rings (SSSR count). The summed E-state index contributed by atoms with van der Waals surface area (Å²) in [6.45, 7) is 1.88. The number of hydrogen-bond donors (Lipinski definition) is 0. The number of aryl methyl sites for hydroxylation is 1. The fraction of sp³-hybridized carbons (Fsp3) is 0.167. The smallest absolute Gasteiger partial charge is 0.186 e. The van der Waals surface area contributed by atoms with E-state index in [1.54, 1.807) is 44.6 Å². The highest BCUT2D eigenvalue weighted by Crippen LogP contribution is 2.32. The van der Waals surface area contributed by atoms with E-state index in [1.807, 2.05) is 19.1 Å². The zero-order valence-electron chi connectivity index (χ0n) is 12.7. The summed E-state index contributed by atoms with van der Waals surface area (Å²) in [6.07, 6.45) is 3.29. The Hall–Kier alpha value is -2.26. The van der Waals surface area contributed by atoms with Gasteiger partial charge in [-0.15, -0.1) is 0 Å². The molecule has 0 bridgehead atoms. The normalized spacial score (nSPS) is 10.7. The van der Waals surface area contributed by atoms with Crippen LogP contribution in [-0.2, 0) is 0 Å². The molecular weight excluding hydrogens is 300 g/mol. The molecule has 0 spiro atoms. The first-order chi connectivity index (χ1) is 10.5. The molecule has 0 aliphatic rings. The number of hydrogen-bond acceptors (Lipinski definition) is 3. The van der Waals surface area contributed by atoms with Gasteiger partial charge in [0.1, 0.15) is 0 Å². The van der Waals surface area contributed by atoms with E-state index in [-0.39, 0.29) is 5.78 Å². The zero-order valence-corrected chi connectivity index (χ0v) is 13.5. The number of benzene rings is 2. The number of ether oxygens (including phenoxy) is 2. The van der Waals surface area contributed by atoms with Crippen molar-refractivity contribution in [1.29, 1.82) is 0 Å². The Morgan fingerprint density at radius 2 is 1.77 bits per heavy atom.